The van der Waals surface area contributed by atoms with Crippen LogP contribution in [0.3, 0.4) is 0 Å². The average Bonchev–Trinajstić information content (AvgIpc) is 2.36. The number of carboxylic acid groups (broad SMARTS) is 1. The van der Waals surface area contributed by atoms with Crippen LogP contribution in [-0.4, -0.2) is 44.6 Å². The highest BCUT2D eigenvalue weighted by Crippen LogP contribution is 2.35. The van der Waals surface area contributed by atoms with Crippen molar-refractivity contribution in [1.29, 1.82) is 0 Å². The Hall–Kier alpha value is -1.83. The number of aromatic carboxylic acids is 1. The number of hydrogen-bond acceptors (Lipinski definition) is 6. The topological polar surface area (TPSA) is 96.6 Å². The van der Waals surface area contributed by atoms with Gasteiger partial charge in [0, 0.05) is 35.9 Å². The average molecular weight is 297 g/mol. The molecular weight excluding hydrogens is 282 g/mol. The summed E-state index contributed by atoms with van der Waals surface area (Å²) in [6.45, 7) is 5.44. The summed E-state index contributed by atoms with van der Waals surface area (Å²) in [6, 6.07) is 1.07. The summed E-state index contributed by atoms with van der Waals surface area (Å²) in [4.78, 5) is 27.3. The van der Waals surface area contributed by atoms with Gasteiger partial charge in [-0.05, 0) is 13.8 Å². The molecule has 1 aliphatic rings. The van der Waals surface area contributed by atoms with E-state index in [4.69, 9.17) is 5.11 Å². The first-order valence-electron chi connectivity index (χ1n) is 6.07. The van der Waals surface area contributed by atoms with E-state index in [-0.39, 0.29) is 21.8 Å². The Morgan fingerprint density at radius 2 is 2.30 bits per heavy atom. The first-order valence-corrected chi connectivity index (χ1v) is 7.05. The predicted molar refractivity (Wildman–Crippen MR) is 76.6 cm³/mol. The van der Waals surface area contributed by atoms with E-state index >= 15 is 0 Å². The molecule has 108 valence electrons. The van der Waals surface area contributed by atoms with Crippen LogP contribution in [-0.2, 0) is 0 Å². The van der Waals surface area contributed by atoms with Crippen molar-refractivity contribution in [2.75, 3.05) is 23.7 Å². The molecule has 0 aliphatic carbocycles. The third-order valence-electron chi connectivity index (χ3n) is 3.02. The van der Waals surface area contributed by atoms with Gasteiger partial charge in [-0.1, -0.05) is 0 Å². The highest BCUT2D eigenvalue weighted by Gasteiger charge is 2.31. The largest absolute Gasteiger partial charge is 0.478 e. The maximum Gasteiger partial charge on any atom is 0.337 e. The van der Waals surface area contributed by atoms with Crippen molar-refractivity contribution in [1.82, 2.24) is 4.98 Å². The lowest BCUT2D eigenvalue weighted by molar-refractivity contribution is -0.384. The zero-order valence-corrected chi connectivity index (χ0v) is 12.0. The van der Waals surface area contributed by atoms with E-state index in [0.29, 0.717) is 13.1 Å². The van der Waals surface area contributed by atoms with E-state index < -0.39 is 10.9 Å². The smallest absolute Gasteiger partial charge is 0.337 e. The van der Waals surface area contributed by atoms with Crippen molar-refractivity contribution in [3.8, 4) is 0 Å². The maximum absolute atomic E-state index is 11.1. The molecule has 2 heterocycles. The Bertz CT molecular complexity index is 562. The van der Waals surface area contributed by atoms with Gasteiger partial charge in [0.15, 0.2) is 0 Å². The van der Waals surface area contributed by atoms with Crippen LogP contribution in [0.15, 0.2) is 12.3 Å². The zero-order valence-electron chi connectivity index (χ0n) is 11.2. The number of carboxylic acids is 1. The van der Waals surface area contributed by atoms with E-state index in [2.05, 4.69) is 18.8 Å². The molecule has 0 unspecified atom stereocenters. The van der Waals surface area contributed by atoms with E-state index in [9.17, 15) is 14.9 Å². The lowest BCUT2D eigenvalue weighted by Gasteiger charge is -2.37. The molecular formula is C12H15N3O4S. The van der Waals surface area contributed by atoms with Crippen LogP contribution in [0.5, 0.6) is 0 Å². The number of anilines is 1. The molecule has 1 fully saturated rings. The fraction of sp³-hybridized carbons (Fsp3) is 0.500. The van der Waals surface area contributed by atoms with Crippen molar-refractivity contribution in [2.24, 2.45) is 0 Å². The molecule has 0 amide bonds. The summed E-state index contributed by atoms with van der Waals surface area (Å²) < 4.78 is -0.0146. The third kappa shape index (κ3) is 3.01. The third-order valence-corrected chi connectivity index (χ3v) is 4.31. The summed E-state index contributed by atoms with van der Waals surface area (Å²) in [5.41, 5.74) is -0.432. The lowest BCUT2D eigenvalue weighted by atomic mass is 10.1. The molecule has 1 N–H and O–H groups in total. The highest BCUT2D eigenvalue weighted by atomic mass is 32.2. The zero-order chi connectivity index (χ0) is 14.9. The SMILES string of the molecule is CC1(C)CN(c2ncc(C(=O)O)cc2[N+](=O)[O-])CCS1. The Morgan fingerprint density at radius 1 is 1.60 bits per heavy atom. The van der Waals surface area contributed by atoms with Crippen LogP contribution in [0, 0.1) is 10.1 Å². The molecule has 7 nitrogen and oxygen atoms in total. The highest BCUT2D eigenvalue weighted by molar-refractivity contribution is 8.00. The second kappa shape index (κ2) is 5.28. The molecule has 1 saturated heterocycles. The number of thioether (sulfide) groups is 1. The fourth-order valence-electron chi connectivity index (χ4n) is 2.14. The number of nitro groups is 1. The fourth-order valence-corrected chi connectivity index (χ4v) is 3.25. The summed E-state index contributed by atoms with van der Waals surface area (Å²) >= 11 is 1.81. The number of pyridine rings is 1. The number of hydrogen-bond donors (Lipinski definition) is 1. The Balaban J connectivity index is 2.40. The van der Waals surface area contributed by atoms with Gasteiger partial charge in [0.05, 0.1) is 10.5 Å². The molecule has 1 aromatic heterocycles. The molecule has 1 aromatic rings. The van der Waals surface area contributed by atoms with Crippen molar-refractivity contribution in [3.05, 3.63) is 27.9 Å². The van der Waals surface area contributed by atoms with Crippen LogP contribution >= 0.6 is 11.8 Å². The Labute approximate surface area is 120 Å². The first-order chi connectivity index (χ1) is 9.30. The summed E-state index contributed by atoms with van der Waals surface area (Å²) in [5, 5.41) is 20.0. The molecule has 0 spiro atoms. The minimum atomic E-state index is -1.22. The van der Waals surface area contributed by atoms with E-state index in [1.807, 2.05) is 16.7 Å². The standard InChI is InChI=1S/C12H15N3O4S/c1-12(2)7-14(3-4-20-12)10-9(15(18)19)5-8(6-13-10)11(16)17/h5-6H,3-4,7H2,1-2H3,(H,16,17). The summed E-state index contributed by atoms with van der Waals surface area (Å²) in [7, 11) is 0. The van der Waals surface area contributed by atoms with Gasteiger partial charge in [0.2, 0.25) is 5.82 Å². The molecule has 8 heteroatoms. The quantitative estimate of drug-likeness (QED) is 0.673. The van der Waals surface area contributed by atoms with Crippen molar-refractivity contribution >= 4 is 29.2 Å². The second-order valence-electron chi connectivity index (χ2n) is 5.16. The normalized spacial score (nSPS) is 17.8. The van der Waals surface area contributed by atoms with E-state index in [1.165, 1.54) is 6.20 Å². The van der Waals surface area contributed by atoms with Crippen LogP contribution in [0.1, 0.15) is 24.2 Å². The molecule has 0 saturated carbocycles. The Kier molecular flexibility index (Phi) is 3.85. The molecule has 0 bridgehead atoms. The monoisotopic (exact) mass is 297 g/mol. The number of carbonyl (C=O) groups is 1. The molecule has 0 atom stereocenters. The molecule has 1 aliphatic heterocycles. The van der Waals surface area contributed by atoms with Crippen LogP contribution in [0.4, 0.5) is 11.5 Å². The molecule has 0 radical (unpaired) electrons. The maximum atomic E-state index is 11.1. The van der Waals surface area contributed by atoms with Crippen molar-refractivity contribution in [2.45, 2.75) is 18.6 Å². The van der Waals surface area contributed by atoms with Gasteiger partial charge < -0.3 is 10.0 Å². The van der Waals surface area contributed by atoms with Crippen molar-refractivity contribution in [3.63, 3.8) is 0 Å². The Morgan fingerprint density at radius 3 is 2.85 bits per heavy atom. The van der Waals surface area contributed by atoms with Gasteiger partial charge >= 0.3 is 11.7 Å². The summed E-state index contributed by atoms with van der Waals surface area (Å²) in [5.74, 6) is -0.123. The van der Waals surface area contributed by atoms with Gasteiger partial charge in [-0.2, -0.15) is 11.8 Å². The minimum Gasteiger partial charge on any atom is -0.478 e. The minimum absolute atomic E-state index is 0.0146. The van der Waals surface area contributed by atoms with E-state index in [0.717, 1.165) is 11.8 Å². The number of nitrogens with zero attached hydrogens (tertiary/aromatic N) is 3. The molecule has 20 heavy (non-hydrogen) atoms. The second-order valence-corrected chi connectivity index (χ2v) is 6.96. The number of aromatic nitrogens is 1. The summed E-state index contributed by atoms with van der Waals surface area (Å²) in [6.07, 6.45) is 1.17. The lowest BCUT2D eigenvalue weighted by Crippen LogP contribution is -2.43. The van der Waals surface area contributed by atoms with Crippen molar-refractivity contribution < 1.29 is 14.8 Å². The van der Waals surface area contributed by atoms with Gasteiger partial charge in [0.1, 0.15) is 0 Å². The van der Waals surface area contributed by atoms with Crippen LogP contribution < -0.4 is 4.90 Å². The van der Waals surface area contributed by atoms with Gasteiger partial charge in [-0.3, -0.25) is 10.1 Å². The van der Waals surface area contributed by atoms with Crippen LogP contribution in [0.2, 0.25) is 0 Å². The number of rotatable bonds is 3. The van der Waals surface area contributed by atoms with Gasteiger partial charge in [-0.15, -0.1) is 0 Å². The van der Waals surface area contributed by atoms with E-state index in [1.54, 1.807) is 0 Å². The molecule has 2 rings (SSSR count). The van der Waals surface area contributed by atoms with Gasteiger partial charge in [0.25, 0.3) is 0 Å². The van der Waals surface area contributed by atoms with Gasteiger partial charge in [-0.25, -0.2) is 9.78 Å². The predicted octanol–water partition coefficient (Wildman–Crippen LogP) is 2.02. The van der Waals surface area contributed by atoms with Crippen LogP contribution in [0.25, 0.3) is 0 Å². The first kappa shape index (κ1) is 14.6. The molecule has 0 aromatic carbocycles.